The maximum absolute atomic E-state index is 4.57. The fourth-order valence-electron chi connectivity index (χ4n) is 7.53. The monoisotopic (exact) mass is 998 g/mol. The molecule has 0 atom stereocenters. The molecule has 0 fully saturated rings. The third-order valence-electron chi connectivity index (χ3n) is 10.3. The predicted molar refractivity (Wildman–Crippen MR) is 255 cm³/mol. The van der Waals surface area contributed by atoms with Crippen molar-refractivity contribution in [3.8, 4) is 11.1 Å². The minimum Gasteiger partial charge on any atom is -0.0622 e. The van der Waals surface area contributed by atoms with Gasteiger partial charge in [0.15, 0.2) is 0 Å². The van der Waals surface area contributed by atoms with Gasteiger partial charge in [0.25, 0.3) is 0 Å². The molecule has 9 aromatic carbocycles. The molecule has 7 heteroatoms. The first kappa shape index (κ1) is 49.8. The molecule has 0 unspecified atom stereocenters. The molecule has 0 spiro atoms. The van der Waals surface area contributed by atoms with Crippen LogP contribution in [-0.2, 0) is 17.3 Å². The topological polar surface area (TPSA) is 0 Å². The molecule has 0 aliphatic carbocycles. The van der Waals surface area contributed by atoms with Gasteiger partial charge in [-0.25, -0.2) is 0 Å². The Morgan fingerprint density at radius 3 is 0.967 bits per heavy atom. The molecule has 0 aliphatic heterocycles. The molecule has 0 heterocycles. The molecular weight excluding hydrogens is 953 g/mol. The molecule has 0 bridgehead atoms. The zero-order chi connectivity index (χ0) is 40.3. The molecule has 0 saturated carbocycles. The van der Waals surface area contributed by atoms with Crippen molar-refractivity contribution in [2.75, 3.05) is 0 Å². The molecule has 61 heavy (non-hydrogen) atoms. The molecular formula is C54H46Cl4P2Ru. The Morgan fingerprint density at radius 1 is 0.361 bits per heavy atom. The Labute approximate surface area is 397 Å². The summed E-state index contributed by atoms with van der Waals surface area (Å²) in [5.74, 6) is 0.653. The summed E-state index contributed by atoms with van der Waals surface area (Å²) in [6.45, 7) is 6.54. The van der Waals surface area contributed by atoms with E-state index in [1.54, 1.807) is 0 Å². The second kappa shape index (κ2) is 24.7. The van der Waals surface area contributed by atoms with Crippen LogP contribution in [0.1, 0.15) is 30.9 Å². The second-order valence-electron chi connectivity index (χ2n) is 14.4. The molecule has 0 saturated heterocycles. The van der Waals surface area contributed by atoms with Crippen LogP contribution in [0.3, 0.4) is 0 Å². The van der Waals surface area contributed by atoms with Crippen LogP contribution in [-0.4, -0.2) is 0 Å². The summed E-state index contributed by atoms with van der Waals surface area (Å²) in [7, 11) is 2.86. The molecule has 9 rings (SSSR count). The van der Waals surface area contributed by atoms with E-state index in [1.165, 1.54) is 75.6 Å². The van der Waals surface area contributed by atoms with Crippen molar-refractivity contribution in [1.82, 2.24) is 0 Å². The fourth-order valence-corrected chi connectivity index (χ4v) is 12.5. The second-order valence-corrected chi connectivity index (χ2v) is 18.8. The SMILES string of the molecule is Cc1ccc(C(C)C)cc1.[Cl-].[Cl-].[Cl-].[Cl][Ru+3].c1ccc(P(c2ccccc2)c2ccc3ccccc3c2-c2c(P(c3ccccc3)c3ccccc3)ccc3ccccc23)cc1. The van der Waals surface area contributed by atoms with Gasteiger partial charge in [0, 0.05) is 0 Å². The number of halogens is 4. The van der Waals surface area contributed by atoms with Crippen LogP contribution >= 0.6 is 25.5 Å². The Morgan fingerprint density at radius 2 is 0.656 bits per heavy atom. The average Bonchev–Trinajstić information content (AvgIpc) is 3.29. The maximum atomic E-state index is 4.57. The van der Waals surface area contributed by atoms with Crippen LogP contribution in [0.5, 0.6) is 0 Å². The summed E-state index contributed by atoms with van der Waals surface area (Å²) in [6, 6.07) is 80.5. The number of aryl methyl sites for hydroxylation is 1. The van der Waals surface area contributed by atoms with Crippen LogP contribution < -0.4 is 69.0 Å². The van der Waals surface area contributed by atoms with Gasteiger partial charge in [0.05, 0.1) is 0 Å². The molecule has 0 N–H and O–H groups in total. The van der Waals surface area contributed by atoms with Crippen molar-refractivity contribution in [2.45, 2.75) is 26.7 Å². The quantitative estimate of drug-likeness (QED) is 0.160. The first-order valence-electron chi connectivity index (χ1n) is 19.6. The minimum atomic E-state index is -0.852. The zero-order valence-corrected chi connectivity index (χ0v) is 40.7. The van der Waals surface area contributed by atoms with E-state index in [9.17, 15) is 0 Å². The Kier molecular flexibility index (Phi) is 20.2. The van der Waals surface area contributed by atoms with Crippen LogP contribution in [0.2, 0.25) is 0 Å². The van der Waals surface area contributed by atoms with Crippen molar-refractivity contribution in [2.24, 2.45) is 0 Å². The molecule has 9 aromatic rings. The summed E-state index contributed by atoms with van der Waals surface area (Å²) >= 11 is 1.82. The normalized spacial score (nSPS) is 10.4. The largest absolute Gasteiger partial charge is 0.0622 e. The van der Waals surface area contributed by atoms with E-state index in [4.69, 9.17) is 0 Å². The number of hydrogen-bond donors (Lipinski definition) is 0. The van der Waals surface area contributed by atoms with Gasteiger partial charge in [-0.1, -0.05) is 238 Å². The fraction of sp³-hybridized carbons (Fsp3) is 0.0741. The van der Waals surface area contributed by atoms with Gasteiger partial charge in [0.2, 0.25) is 0 Å². The number of fused-ring (bicyclic) bond motifs is 2. The summed E-state index contributed by atoms with van der Waals surface area (Å²) in [6.07, 6.45) is 0. The molecule has 0 nitrogen and oxygen atoms in total. The van der Waals surface area contributed by atoms with Gasteiger partial charge < -0.3 is 37.2 Å². The van der Waals surface area contributed by atoms with Crippen molar-refractivity contribution in [3.05, 3.63) is 230 Å². The van der Waals surface area contributed by atoms with Gasteiger partial charge >= 0.3 is 27.0 Å². The standard InChI is InChI=1S/C44H32P2.C10H14.4ClH.Ru/c1-5-19-35(20-6-1)45(36-21-7-2-8-22-36)41-31-29-33-17-13-15-27-39(33)43(41)44-40-28-16-14-18-34(40)30-32-42(44)46(37-23-9-3-10-24-37)38-25-11-4-12-26-38;1-8(2)10-6-4-9(3)5-7-10;;;;;/h1-32H;4-8H,1-3H3;4*1H;/q;;;;;;+4/p-4. The summed E-state index contributed by atoms with van der Waals surface area (Å²) in [5.41, 5.74) is 5.46. The van der Waals surface area contributed by atoms with Crippen LogP contribution in [0.15, 0.2) is 218 Å². The van der Waals surface area contributed by atoms with E-state index in [0.717, 1.165) is 0 Å². The van der Waals surface area contributed by atoms with E-state index in [2.05, 4.69) is 249 Å². The number of rotatable bonds is 8. The van der Waals surface area contributed by atoms with Gasteiger partial charge in [-0.05, 0) is 98.7 Å². The van der Waals surface area contributed by atoms with Gasteiger partial charge in [0.1, 0.15) is 0 Å². The average molecular weight is 1000 g/mol. The van der Waals surface area contributed by atoms with Crippen LogP contribution in [0.4, 0.5) is 0 Å². The summed E-state index contributed by atoms with van der Waals surface area (Å²) in [4.78, 5) is 0. The Balaban J connectivity index is 0.000000480. The summed E-state index contributed by atoms with van der Waals surface area (Å²) in [5, 5.41) is 13.3. The third-order valence-corrected chi connectivity index (χ3v) is 15.3. The van der Waals surface area contributed by atoms with Crippen molar-refractivity contribution >= 4 is 78.9 Å². The molecule has 0 aromatic heterocycles. The third kappa shape index (κ3) is 11.8. The predicted octanol–water partition coefficient (Wildman–Crippen LogP) is 3.99. The maximum Gasteiger partial charge on any atom is -0.000884 e. The van der Waals surface area contributed by atoms with Crippen molar-refractivity contribution in [3.63, 3.8) is 0 Å². The molecule has 308 valence electrons. The van der Waals surface area contributed by atoms with Gasteiger partial charge in [-0.15, -0.1) is 0 Å². The Hall–Kier alpha value is -3.86. The van der Waals surface area contributed by atoms with E-state index >= 15 is 0 Å². The van der Waals surface area contributed by atoms with Crippen molar-refractivity contribution < 1.29 is 54.5 Å². The number of benzene rings is 9. The first-order valence-corrected chi connectivity index (χ1v) is 24.5. The Bertz CT molecular complexity index is 2440. The van der Waals surface area contributed by atoms with Crippen LogP contribution in [0, 0.1) is 6.92 Å². The zero-order valence-electron chi connectivity index (χ0n) is 34.1. The smallest absolute Gasteiger partial charge is 0.000884 e. The van der Waals surface area contributed by atoms with Gasteiger partial charge in [-0.2, -0.15) is 0 Å². The molecule has 0 radical (unpaired) electrons. The van der Waals surface area contributed by atoms with Crippen molar-refractivity contribution in [1.29, 1.82) is 0 Å². The minimum absolute atomic E-state index is 0. The van der Waals surface area contributed by atoms with Gasteiger partial charge in [-0.3, -0.25) is 0 Å². The van der Waals surface area contributed by atoms with E-state index < -0.39 is 15.8 Å². The van der Waals surface area contributed by atoms with Crippen LogP contribution in [0.25, 0.3) is 32.7 Å². The van der Waals surface area contributed by atoms with E-state index in [1.807, 2.05) is 17.3 Å². The molecule has 0 aliphatic rings. The summed E-state index contributed by atoms with van der Waals surface area (Å²) < 4.78 is 0. The number of hydrogen-bond acceptors (Lipinski definition) is 0. The first-order chi connectivity index (χ1) is 28.6. The van der Waals surface area contributed by atoms with E-state index in [-0.39, 0.29) is 37.2 Å². The van der Waals surface area contributed by atoms with E-state index in [0.29, 0.717) is 5.92 Å². The molecule has 0 amide bonds.